The quantitative estimate of drug-likeness (QED) is 0.814. The third kappa shape index (κ3) is 3.52. The summed E-state index contributed by atoms with van der Waals surface area (Å²) in [4.78, 5) is 41.2. The molecule has 1 fully saturated rings. The Bertz CT molecular complexity index is 1050. The molecule has 30 heavy (non-hydrogen) atoms. The van der Waals surface area contributed by atoms with E-state index in [1.807, 2.05) is 30.3 Å². The van der Waals surface area contributed by atoms with Crippen molar-refractivity contribution in [3.05, 3.63) is 77.2 Å². The number of aryl methyl sites for hydroxylation is 1. The number of hydrogen-bond donors (Lipinski definition) is 2. The SMILES string of the molecule is Cc1ccc(NC(=O)C2=CN(C)C3C(=O)N(Cc4ccccc4)C(=O)NC23)cc1F. The van der Waals surface area contributed by atoms with Gasteiger partial charge in [0.2, 0.25) is 0 Å². The highest BCUT2D eigenvalue weighted by molar-refractivity contribution is 6.09. The predicted octanol–water partition coefficient (Wildman–Crippen LogP) is 2.39. The maximum atomic E-state index is 13.8. The van der Waals surface area contributed by atoms with Crippen LogP contribution in [-0.2, 0) is 16.1 Å². The highest BCUT2D eigenvalue weighted by atomic mass is 19.1. The number of hydrogen-bond acceptors (Lipinski definition) is 4. The summed E-state index contributed by atoms with van der Waals surface area (Å²) in [5, 5.41) is 5.40. The lowest BCUT2D eigenvalue weighted by atomic mass is 9.99. The Balaban J connectivity index is 1.52. The van der Waals surface area contributed by atoms with Crippen LogP contribution in [0.1, 0.15) is 11.1 Å². The monoisotopic (exact) mass is 408 g/mol. The molecule has 2 heterocycles. The molecule has 8 heteroatoms. The van der Waals surface area contributed by atoms with Gasteiger partial charge in [-0.2, -0.15) is 0 Å². The van der Waals surface area contributed by atoms with Gasteiger partial charge in [-0.25, -0.2) is 9.18 Å². The Labute approximate surface area is 173 Å². The van der Waals surface area contributed by atoms with Crippen molar-refractivity contribution in [2.75, 3.05) is 12.4 Å². The zero-order chi connectivity index (χ0) is 21.4. The molecule has 7 nitrogen and oxygen atoms in total. The van der Waals surface area contributed by atoms with Gasteiger partial charge in [-0.15, -0.1) is 0 Å². The molecule has 2 unspecified atom stereocenters. The van der Waals surface area contributed by atoms with Gasteiger partial charge in [0.1, 0.15) is 11.9 Å². The van der Waals surface area contributed by atoms with Gasteiger partial charge in [0.15, 0.2) is 0 Å². The van der Waals surface area contributed by atoms with Gasteiger partial charge in [0.25, 0.3) is 11.8 Å². The number of imide groups is 1. The number of nitrogens with one attached hydrogen (secondary N) is 2. The van der Waals surface area contributed by atoms with Crippen LogP contribution in [0.15, 0.2) is 60.3 Å². The number of likely N-dealkylation sites (N-methyl/N-ethyl adjacent to an activating group) is 1. The van der Waals surface area contributed by atoms with Crippen LogP contribution in [0.3, 0.4) is 0 Å². The van der Waals surface area contributed by atoms with Crippen molar-refractivity contribution in [1.82, 2.24) is 15.1 Å². The molecule has 0 bridgehead atoms. The number of amides is 4. The lowest BCUT2D eigenvalue weighted by molar-refractivity contribution is -0.134. The van der Waals surface area contributed by atoms with Crippen LogP contribution in [0.5, 0.6) is 0 Å². The molecule has 4 rings (SSSR count). The van der Waals surface area contributed by atoms with Crippen LogP contribution >= 0.6 is 0 Å². The molecular weight excluding hydrogens is 387 g/mol. The highest BCUT2D eigenvalue weighted by Crippen LogP contribution is 2.28. The normalized spacial score (nSPS) is 20.6. The molecule has 2 aliphatic heterocycles. The summed E-state index contributed by atoms with van der Waals surface area (Å²) in [7, 11) is 1.68. The Kier molecular flexibility index (Phi) is 4.99. The van der Waals surface area contributed by atoms with E-state index in [0.717, 1.165) is 10.5 Å². The number of benzene rings is 2. The molecule has 2 aromatic rings. The van der Waals surface area contributed by atoms with Crippen LogP contribution in [-0.4, -0.2) is 46.8 Å². The molecule has 0 saturated carbocycles. The number of carbonyl (C=O) groups is 3. The lowest BCUT2D eigenvalue weighted by Crippen LogP contribution is -2.64. The van der Waals surface area contributed by atoms with Gasteiger partial charge in [0, 0.05) is 18.9 Å². The van der Waals surface area contributed by atoms with Crippen molar-refractivity contribution in [3.8, 4) is 0 Å². The molecule has 0 aromatic heterocycles. The fourth-order valence-electron chi connectivity index (χ4n) is 3.72. The second kappa shape index (κ2) is 7.62. The first-order valence-electron chi connectivity index (χ1n) is 9.52. The van der Waals surface area contributed by atoms with Crippen LogP contribution in [0.4, 0.5) is 14.9 Å². The first-order valence-corrected chi connectivity index (χ1v) is 9.52. The number of fused-ring (bicyclic) bond motifs is 1. The number of urea groups is 1. The Hall–Kier alpha value is -3.68. The summed E-state index contributed by atoms with van der Waals surface area (Å²) in [5.74, 6) is -1.31. The molecule has 0 aliphatic carbocycles. The molecule has 2 aromatic carbocycles. The number of halogens is 1. The minimum atomic E-state index is -0.780. The minimum absolute atomic E-state index is 0.146. The van der Waals surface area contributed by atoms with Crippen LogP contribution in [0.2, 0.25) is 0 Å². The zero-order valence-electron chi connectivity index (χ0n) is 16.6. The topological polar surface area (TPSA) is 81.8 Å². The third-order valence-electron chi connectivity index (χ3n) is 5.35. The van der Waals surface area contributed by atoms with E-state index in [9.17, 15) is 18.8 Å². The average molecular weight is 408 g/mol. The van der Waals surface area contributed by atoms with Crippen molar-refractivity contribution in [3.63, 3.8) is 0 Å². The van der Waals surface area contributed by atoms with Crippen LogP contribution in [0, 0.1) is 12.7 Å². The summed E-state index contributed by atoms with van der Waals surface area (Å²) in [6, 6.07) is 11.5. The molecule has 154 valence electrons. The standard InChI is InChI=1S/C22H21FN4O3/c1-13-8-9-15(10-17(13)23)24-20(28)16-12-26(2)19-18(16)25-22(30)27(21(19)29)11-14-6-4-3-5-7-14/h3-10,12,18-19H,11H2,1-2H3,(H,24,28)(H,25,30). The van der Waals surface area contributed by atoms with E-state index in [2.05, 4.69) is 10.6 Å². The first kappa shape index (κ1) is 19.6. The maximum Gasteiger partial charge on any atom is 0.325 e. The van der Waals surface area contributed by atoms with Gasteiger partial charge in [-0.05, 0) is 30.2 Å². The molecule has 0 spiro atoms. The van der Waals surface area contributed by atoms with E-state index in [1.165, 1.54) is 6.07 Å². The van der Waals surface area contributed by atoms with Crippen LogP contribution in [0.25, 0.3) is 0 Å². The van der Waals surface area contributed by atoms with Crippen LogP contribution < -0.4 is 10.6 Å². The highest BCUT2D eigenvalue weighted by Gasteiger charge is 2.49. The van der Waals surface area contributed by atoms with Gasteiger partial charge in [-0.1, -0.05) is 36.4 Å². The van der Waals surface area contributed by atoms with E-state index in [0.29, 0.717) is 11.3 Å². The van der Waals surface area contributed by atoms with Crippen molar-refractivity contribution in [2.24, 2.45) is 0 Å². The fraction of sp³-hybridized carbons (Fsp3) is 0.227. The smallest absolute Gasteiger partial charge is 0.325 e. The summed E-state index contributed by atoms with van der Waals surface area (Å²) in [6.45, 7) is 1.77. The zero-order valence-corrected chi connectivity index (χ0v) is 16.6. The number of carbonyl (C=O) groups excluding carboxylic acids is 3. The molecule has 0 radical (unpaired) electrons. The molecule has 2 aliphatic rings. The van der Waals surface area contributed by atoms with E-state index >= 15 is 0 Å². The summed E-state index contributed by atoms with van der Waals surface area (Å²) < 4.78 is 13.8. The second-order valence-electron chi connectivity index (χ2n) is 7.45. The fourth-order valence-corrected chi connectivity index (χ4v) is 3.72. The van der Waals surface area contributed by atoms with Crippen molar-refractivity contribution >= 4 is 23.5 Å². The second-order valence-corrected chi connectivity index (χ2v) is 7.45. The van der Waals surface area contributed by atoms with E-state index in [1.54, 1.807) is 37.2 Å². The van der Waals surface area contributed by atoms with Crippen molar-refractivity contribution in [1.29, 1.82) is 0 Å². The molecule has 2 atom stereocenters. The van der Waals surface area contributed by atoms with E-state index in [-0.39, 0.29) is 18.0 Å². The summed E-state index contributed by atoms with van der Waals surface area (Å²) >= 11 is 0. The average Bonchev–Trinajstić information content (AvgIpc) is 3.05. The van der Waals surface area contributed by atoms with E-state index < -0.39 is 29.8 Å². The van der Waals surface area contributed by atoms with Crippen molar-refractivity contribution < 1.29 is 18.8 Å². The summed E-state index contributed by atoms with van der Waals surface area (Å²) in [6.07, 6.45) is 1.54. The first-order chi connectivity index (χ1) is 14.3. The third-order valence-corrected chi connectivity index (χ3v) is 5.35. The molecule has 2 N–H and O–H groups in total. The Morgan fingerprint density at radius 1 is 1.17 bits per heavy atom. The lowest BCUT2D eigenvalue weighted by Gasteiger charge is -2.37. The number of rotatable bonds is 4. The van der Waals surface area contributed by atoms with E-state index in [4.69, 9.17) is 0 Å². The van der Waals surface area contributed by atoms with Crippen molar-refractivity contribution in [2.45, 2.75) is 25.6 Å². The maximum absolute atomic E-state index is 13.8. The summed E-state index contributed by atoms with van der Waals surface area (Å²) in [5.41, 5.74) is 1.84. The number of nitrogens with zero attached hydrogens (tertiary/aromatic N) is 2. The molecule has 1 saturated heterocycles. The Morgan fingerprint density at radius 3 is 2.60 bits per heavy atom. The molecular formula is C22H21FN4O3. The molecule has 4 amide bonds. The largest absolute Gasteiger partial charge is 0.366 e. The van der Waals surface area contributed by atoms with Gasteiger partial charge < -0.3 is 15.5 Å². The van der Waals surface area contributed by atoms with Gasteiger partial charge >= 0.3 is 6.03 Å². The van der Waals surface area contributed by atoms with Gasteiger partial charge in [0.05, 0.1) is 18.2 Å². The number of anilines is 1. The van der Waals surface area contributed by atoms with Gasteiger partial charge in [-0.3, -0.25) is 14.5 Å². The predicted molar refractivity (Wildman–Crippen MR) is 109 cm³/mol. The Morgan fingerprint density at radius 2 is 1.90 bits per heavy atom. The minimum Gasteiger partial charge on any atom is -0.366 e.